The molecule has 0 radical (unpaired) electrons. The lowest BCUT2D eigenvalue weighted by atomic mass is 9.92. The Labute approximate surface area is 138 Å². The van der Waals surface area contributed by atoms with Gasteiger partial charge in [0.25, 0.3) is 5.91 Å². The predicted octanol–water partition coefficient (Wildman–Crippen LogP) is 0.593. The zero-order valence-corrected chi connectivity index (χ0v) is 13.1. The summed E-state index contributed by atoms with van der Waals surface area (Å²) in [6.45, 7) is 1.23. The lowest BCUT2D eigenvalue weighted by molar-refractivity contribution is -0.0389. The Hall–Kier alpha value is -2.74. The van der Waals surface area contributed by atoms with E-state index in [0.29, 0.717) is 25.2 Å². The SMILES string of the molecule is O=C(c1cccc2nccn12)N1CCCC(O)(Cn2ccnn2)C1. The number of pyridine rings is 1. The van der Waals surface area contributed by atoms with Gasteiger partial charge >= 0.3 is 0 Å². The van der Waals surface area contributed by atoms with Crippen molar-refractivity contribution in [2.24, 2.45) is 0 Å². The number of rotatable bonds is 3. The molecule has 1 amide bonds. The molecule has 124 valence electrons. The molecule has 1 saturated heterocycles. The highest BCUT2D eigenvalue weighted by molar-refractivity contribution is 5.93. The van der Waals surface area contributed by atoms with Gasteiger partial charge in [-0.1, -0.05) is 11.3 Å². The molecule has 8 heteroatoms. The number of aromatic nitrogens is 5. The Morgan fingerprint density at radius 3 is 3.04 bits per heavy atom. The molecular formula is C16H18N6O2. The van der Waals surface area contributed by atoms with Gasteiger partial charge in [0.2, 0.25) is 0 Å². The van der Waals surface area contributed by atoms with Gasteiger partial charge in [-0.3, -0.25) is 9.20 Å². The van der Waals surface area contributed by atoms with E-state index in [4.69, 9.17) is 0 Å². The standard InChI is InChI=1S/C16H18N6O2/c23-15(13-3-1-4-14-17-6-10-22(13)14)20-8-2-5-16(24,11-20)12-21-9-7-18-19-21/h1,3-4,6-7,9-10,24H,2,5,8,11-12H2. The van der Waals surface area contributed by atoms with Crippen molar-refractivity contribution in [3.8, 4) is 0 Å². The van der Waals surface area contributed by atoms with Crippen molar-refractivity contribution in [1.82, 2.24) is 29.3 Å². The first-order valence-corrected chi connectivity index (χ1v) is 7.92. The van der Waals surface area contributed by atoms with Gasteiger partial charge in [0.05, 0.1) is 19.3 Å². The maximum Gasteiger partial charge on any atom is 0.270 e. The minimum atomic E-state index is -0.996. The number of β-amino-alcohol motifs (C(OH)–C–C–N with tert-alkyl or cyclic N) is 1. The van der Waals surface area contributed by atoms with Gasteiger partial charge in [0, 0.05) is 25.1 Å². The molecular weight excluding hydrogens is 308 g/mol. The van der Waals surface area contributed by atoms with Crippen LogP contribution < -0.4 is 0 Å². The third-order valence-electron chi connectivity index (χ3n) is 4.42. The molecule has 1 atom stereocenters. The number of hydrogen-bond acceptors (Lipinski definition) is 5. The molecule has 1 fully saturated rings. The van der Waals surface area contributed by atoms with E-state index in [1.54, 1.807) is 44.8 Å². The Bertz CT molecular complexity index is 858. The maximum atomic E-state index is 12.9. The van der Waals surface area contributed by atoms with E-state index >= 15 is 0 Å². The van der Waals surface area contributed by atoms with E-state index in [9.17, 15) is 9.90 Å². The highest BCUT2D eigenvalue weighted by Gasteiger charge is 2.36. The van der Waals surface area contributed by atoms with Crippen molar-refractivity contribution < 1.29 is 9.90 Å². The molecule has 8 nitrogen and oxygen atoms in total. The summed E-state index contributed by atoms with van der Waals surface area (Å²) < 4.78 is 3.37. The van der Waals surface area contributed by atoms with E-state index in [1.165, 1.54) is 0 Å². The van der Waals surface area contributed by atoms with Gasteiger partial charge in [-0.05, 0) is 25.0 Å². The molecule has 0 aliphatic carbocycles. The van der Waals surface area contributed by atoms with E-state index in [1.807, 2.05) is 12.1 Å². The van der Waals surface area contributed by atoms with Crippen LogP contribution in [0, 0.1) is 0 Å². The van der Waals surface area contributed by atoms with Crippen LogP contribution in [0.25, 0.3) is 5.65 Å². The summed E-state index contributed by atoms with van der Waals surface area (Å²) in [7, 11) is 0. The largest absolute Gasteiger partial charge is 0.386 e. The zero-order valence-electron chi connectivity index (χ0n) is 13.1. The number of likely N-dealkylation sites (tertiary alicyclic amines) is 1. The normalized spacial score (nSPS) is 21.3. The third kappa shape index (κ3) is 2.65. The summed E-state index contributed by atoms with van der Waals surface area (Å²) in [5.74, 6) is -0.102. The lowest BCUT2D eigenvalue weighted by Crippen LogP contribution is -2.52. The summed E-state index contributed by atoms with van der Waals surface area (Å²) in [6.07, 6.45) is 8.11. The third-order valence-corrected chi connectivity index (χ3v) is 4.42. The molecule has 3 aromatic rings. The number of fused-ring (bicyclic) bond motifs is 1. The fraction of sp³-hybridized carbons (Fsp3) is 0.375. The van der Waals surface area contributed by atoms with E-state index in [2.05, 4.69) is 15.3 Å². The highest BCUT2D eigenvalue weighted by atomic mass is 16.3. The number of carbonyl (C=O) groups is 1. The van der Waals surface area contributed by atoms with Gasteiger partial charge in [-0.2, -0.15) is 0 Å². The molecule has 1 aliphatic heterocycles. The summed E-state index contributed by atoms with van der Waals surface area (Å²) >= 11 is 0. The summed E-state index contributed by atoms with van der Waals surface area (Å²) in [4.78, 5) is 18.8. The second-order valence-electron chi connectivity index (χ2n) is 6.22. The number of aliphatic hydroxyl groups is 1. The van der Waals surface area contributed by atoms with Crippen LogP contribution in [0.4, 0.5) is 0 Å². The highest BCUT2D eigenvalue weighted by Crippen LogP contribution is 2.24. The predicted molar refractivity (Wildman–Crippen MR) is 85.3 cm³/mol. The molecule has 24 heavy (non-hydrogen) atoms. The van der Waals surface area contributed by atoms with Gasteiger partial charge in [0.1, 0.15) is 16.9 Å². The zero-order chi connectivity index (χ0) is 16.6. The first-order chi connectivity index (χ1) is 11.6. The fourth-order valence-corrected chi connectivity index (χ4v) is 3.32. The molecule has 0 spiro atoms. The Morgan fingerprint density at radius 1 is 1.29 bits per heavy atom. The second kappa shape index (κ2) is 5.72. The molecule has 1 N–H and O–H groups in total. The summed E-state index contributed by atoms with van der Waals surface area (Å²) in [5, 5.41) is 18.5. The van der Waals surface area contributed by atoms with Crippen LogP contribution in [-0.2, 0) is 6.54 Å². The lowest BCUT2D eigenvalue weighted by Gasteiger charge is -2.39. The van der Waals surface area contributed by atoms with Crippen molar-refractivity contribution >= 4 is 11.6 Å². The van der Waals surface area contributed by atoms with E-state index < -0.39 is 5.60 Å². The van der Waals surface area contributed by atoms with Crippen LogP contribution in [0.15, 0.2) is 43.0 Å². The molecule has 0 saturated carbocycles. The number of nitrogens with zero attached hydrogens (tertiary/aromatic N) is 6. The molecule has 1 aliphatic rings. The quantitative estimate of drug-likeness (QED) is 0.761. The molecule has 4 heterocycles. The smallest absolute Gasteiger partial charge is 0.270 e. The number of imidazole rings is 1. The first-order valence-electron chi connectivity index (χ1n) is 7.92. The summed E-state index contributed by atoms with van der Waals surface area (Å²) in [6, 6.07) is 5.46. The van der Waals surface area contributed by atoms with Crippen molar-refractivity contribution in [3.63, 3.8) is 0 Å². The van der Waals surface area contributed by atoms with Crippen LogP contribution >= 0.6 is 0 Å². The van der Waals surface area contributed by atoms with Gasteiger partial charge < -0.3 is 10.0 Å². The molecule has 1 unspecified atom stereocenters. The van der Waals surface area contributed by atoms with Crippen LogP contribution in [0.1, 0.15) is 23.3 Å². The number of piperidine rings is 1. The molecule has 0 aromatic carbocycles. The van der Waals surface area contributed by atoms with Crippen LogP contribution in [0.3, 0.4) is 0 Å². The first kappa shape index (κ1) is 14.8. The van der Waals surface area contributed by atoms with E-state index in [0.717, 1.165) is 12.1 Å². The second-order valence-corrected chi connectivity index (χ2v) is 6.22. The number of hydrogen-bond donors (Lipinski definition) is 1. The fourth-order valence-electron chi connectivity index (χ4n) is 3.32. The average molecular weight is 326 g/mol. The van der Waals surface area contributed by atoms with Gasteiger partial charge in [0.15, 0.2) is 0 Å². The molecule has 0 bridgehead atoms. The topological polar surface area (TPSA) is 88.5 Å². The maximum absolute atomic E-state index is 12.9. The molecule has 4 rings (SSSR count). The Kier molecular flexibility index (Phi) is 3.53. The molecule has 3 aromatic heterocycles. The number of carbonyl (C=O) groups excluding carboxylic acids is 1. The Balaban J connectivity index is 1.57. The van der Waals surface area contributed by atoms with Crippen LogP contribution in [-0.4, -0.2) is 59.0 Å². The van der Waals surface area contributed by atoms with Crippen LogP contribution in [0.5, 0.6) is 0 Å². The van der Waals surface area contributed by atoms with Crippen molar-refractivity contribution in [2.75, 3.05) is 13.1 Å². The average Bonchev–Trinajstić information content (AvgIpc) is 3.24. The van der Waals surface area contributed by atoms with Crippen molar-refractivity contribution in [3.05, 3.63) is 48.7 Å². The van der Waals surface area contributed by atoms with Crippen LogP contribution in [0.2, 0.25) is 0 Å². The summed E-state index contributed by atoms with van der Waals surface area (Å²) in [5.41, 5.74) is 0.288. The van der Waals surface area contributed by atoms with Gasteiger partial charge in [-0.15, -0.1) is 5.10 Å². The monoisotopic (exact) mass is 326 g/mol. The number of amides is 1. The van der Waals surface area contributed by atoms with E-state index in [-0.39, 0.29) is 12.5 Å². The van der Waals surface area contributed by atoms with Crippen molar-refractivity contribution in [1.29, 1.82) is 0 Å². The van der Waals surface area contributed by atoms with Crippen molar-refractivity contribution in [2.45, 2.75) is 25.0 Å². The van der Waals surface area contributed by atoms with Gasteiger partial charge in [-0.25, -0.2) is 9.67 Å². The minimum Gasteiger partial charge on any atom is -0.386 e. The minimum absolute atomic E-state index is 0.102. The Morgan fingerprint density at radius 2 is 2.21 bits per heavy atom.